The summed E-state index contributed by atoms with van der Waals surface area (Å²) in [6, 6.07) is 4.22. The maximum Gasteiger partial charge on any atom is 0.405 e. The van der Waals surface area contributed by atoms with Crippen molar-refractivity contribution in [2.45, 2.75) is 32.5 Å². The number of nitrogens with two attached hydrogens (primary N) is 1. The van der Waals surface area contributed by atoms with E-state index in [0.29, 0.717) is 11.3 Å². The second kappa shape index (κ2) is 6.35. The van der Waals surface area contributed by atoms with Crippen molar-refractivity contribution in [2.24, 2.45) is 5.73 Å². The fourth-order valence-electron chi connectivity index (χ4n) is 1.46. The topological polar surface area (TPSA) is 84.2 Å². The lowest BCUT2D eigenvalue weighted by atomic mass is 10.0. The minimum Gasteiger partial charge on any atom is -0.343 e. The van der Waals surface area contributed by atoms with Crippen LogP contribution in [0.3, 0.4) is 0 Å². The largest absolute Gasteiger partial charge is 0.405 e. The monoisotopic (exact) mass is 317 g/mol. The van der Waals surface area contributed by atoms with Crippen LogP contribution in [0.2, 0.25) is 0 Å². The van der Waals surface area contributed by atoms with Crippen LogP contribution in [0.5, 0.6) is 0 Å². The molecule has 0 saturated carbocycles. The van der Waals surface area contributed by atoms with Gasteiger partial charge in [0.2, 0.25) is 5.91 Å². The van der Waals surface area contributed by atoms with E-state index in [9.17, 15) is 22.8 Å². The van der Waals surface area contributed by atoms with Gasteiger partial charge in [-0.2, -0.15) is 13.2 Å². The molecule has 1 rings (SSSR count). The first-order valence-corrected chi connectivity index (χ1v) is 6.46. The van der Waals surface area contributed by atoms with Gasteiger partial charge in [-0.3, -0.25) is 9.59 Å². The minimum absolute atomic E-state index is 0.0139. The smallest absolute Gasteiger partial charge is 0.343 e. The first kappa shape index (κ1) is 18.0. The average molecular weight is 317 g/mol. The van der Waals surface area contributed by atoms with Gasteiger partial charge in [0.05, 0.1) is 5.54 Å². The molecule has 0 aliphatic carbocycles. The van der Waals surface area contributed by atoms with Crippen LogP contribution in [0.4, 0.5) is 18.9 Å². The van der Waals surface area contributed by atoms with Crippen molar-refractivity contribution < 1.29 is 22.8 Å². The van der Waals surface area contributed by atoms with Gasteiger partial charge in [0.1, 0.15) is 6.54 Å². The van der Waals surface area contributed by atoms with Crippen LogP contribution in [-0.2, 0) is 4.79 Å². The molecule has 0 bridgehead atoms. The lowest BCUT2D eigenvalue weighted by Crippen LogP contribution is -2.45. The first-order valence-electron chi connectivity index (χ1n) is 6.46. The van der Waals surface area contributed by atoms with Crippen LogP contribution in [0.15, 0.2) is 18.2 Å². The Balaban J connectivity index is 2.90. The summed E-state index contributed by atoms with van der Waals surface area (Å²) >= 11 is 0. The predicted octanol–water partition coefficient (Wildman–Crippen LogP) is 1.96. The summed E-state index contributed by atoms with van der Waals surface area (Å²) in [5, 5.41) is 4.32. The molecule has 0 radical (unpaired) electrons. The molecule has 0 aliphatic rings. The Morgan fingerprint density at radius 2 is 1.82 bits per heavy atom. The molecule has 0 unspecified atom stereocenters. The van der Waals surface area contributed by atoms with Crippen LogP contribution < -0.4 is 16.4 Å². The lowest BCUT2D eigenvalue weighted by molar-refractivity contribution is -0.123. The fourth-order valence-corrected chi connectivity index (χ4v) is 1.46. The number of amides is 2. The van der Waals surface area contributed by atoms with Crippen LogP contribution in [0.1, 0.15) is 29.8 Å². The van der Waals surface area contributed by atoms with E-state index in [0.717, 1.165) is 0 Å². The van der Waals surface area contributed by atoms with Gasteiger partial charge in [0.15, 0.2) is 0 Å². The van der Waals surface area contributed by atoms with E-state index in [1.165, 1.54) is 32.0 Å². The molecule has 0 atom stereocenters. The van der Waals surface area contributed by atoms with Gasteiger partial charge in [0, 0.05) is 11.3 Å². The number of aryl methyl sites for hydroxylation is 1. The fraction of sp³-hybridized carbons (Fsp3) is 0.429. The summed E-state index contributed by atoms with van der Waals surface area (Å²) in [7, 11) is 0. The quantitative estimate of drug-likeness (QED) is 0.794. The molecule has 2 amide bonds. The van der Waals surface area contributed by atoms with Crippen molar-refractivity contribution in [1.29, 1.82) is 0 Å². The van der Waals surface area contributed by atoms with E-state index in [2.05, 4.69) is 5.32 Å². The molecule has 0 fully saturated rings. The third-order valence-corrected chi connectivity index (χ3v) is 2.78. The summed E-state index contributed by atoms with van der Waals surface area (Å²) < 4.78 is 36.3. The van der Waals surface area contributed by atoms with Crippen molar-refractivity contribution in [3.8, 4) is 0 Å². The number of hydrogen-bond acceptors (Lipinski definition) is 3. The number of anilines is 1. The summed E-state index contributed by atoms with van der Waals surface area (Å²) in [5.41, 5.74) is 5.52. The van der Waals surface area contributed by atoms with Gasteiger partial charge >= 0.3 is 6.18 Å². The molecule has 22 heavy (non-hydrogen) atoms. The van der Waals surface area contributed by atoms with Crippen molar-refractivity contribution in [2.75, 3.05) is 11.9 Å². The third-order valence-electron chi connectivity index (χ3n) is 2.78. The predicted molar refractivity (Wildman–Crippen MR) is 76.5 cm³/mol. The second-order valence-electron chi connectivity index (χ2n) is 5.50. The number of hydrogen-bond donors (Lipinski definition) is 3. The number of rotatable bonds is 4. The number of carbonyl (C=O) groups is 2. The SMILES string of the molecule is Cc1ccc(C(=O)NCC(F)(F)F)cc1NC(=O)C(C)(C)N. The van der Waals surface area contributed by atoms with Crippen molar-refractivity contribution >= 4 is 17.5 Å². The van der Waals surface area contributed by atoms with Gasteiger partial charge < -0.3 is 16.4 Å². The van der Waals surface area contributed by atoms with Gasteiger partial charge in [0.25, 0.3) is 5.91 Å². The Morgan fingerprint density at radius 1 is 1.23 bits per heavy atom. The van der Waals surface area contributed by atoms with E-state index in [4.69, 9.17) is 5.73 Å². The number of halogens is 3. The van der Waals surface area contributed by atoms with Gasteiger partial charge in [-0.25, -0.2) is 0 Å². The molecule has 0 heterocycles. The van der Waals surface area contributed by atoms with Crippen LogP contribution >= 0.6 is 0 Å². The highest BCUT2D eigenvalue weighted by Gasteiger charge is 2.28. The van der Waals surface area contributed by atoms with Crippen molar-refractivity contribution in [3.05, 3.63) is 29.3 Å². The maximum absolute atomic E-state index is 12.1. The normalized spacial score (nSPS) is 12.0. The Bertz CT molecular complexity index is 578. The standard InChI is InChI=1S/C14H18F3N3O2/c1-8-4-5-9(11(21)19-7-14(15,16)17)6-10(8)20-12(22)13(2,3)18/h4-6H,7,18H2,1-3H3,(H,19,21)(H,20,22). The zero-order valence-electron chi connectivity index (χ0n) is 12.5. The van der Waals surface area contributed by atoms with E-state index in [1.807, 2.05) is 0 Å². The molecule has 0 aliphatic heterocycles. The third kappa shape index (κ3) is 5.36. The molecule has 0 spiro atoms. The van der Waals surface area contributed by atoms with Crippen LogP contribution in [-0.4, -0.2) is 30.1 Å². The summed E-state index contributed by atoms with van der Waals surface area (Å²) in [6.07, 6.45) is -4.49. The van der Waals surface area contributed by atoms with Crippen molar-refractivity contribution in [3.63, 3.8) is 0 Å². The Labute approximate surface area is 126 Å². The maximum atomic E-state index is 12.1. The van der Waals surface area contributed by atoms with E-state index in [1.54, 1.807) is 12.2 Å². The Kier molecular flexibility index (Phi) is 5.18. The highest BCUT2D eigenvalue weighted by atomic mass is 19.4. The van der Waals surface area contributed by atoms with E-state index in [-0.39, 0.29) is 5.56 Å². The summed E-state index contributed by atoms with van der Waals surface area (Å²) in [5.74, 6) is -1.34. The Hall–Kier alpha value is -2.09. The van der Waals surface area contributed by atoms with E-state index < -0.39 is 30.1 Å². The zero-order chi connectivity index (χ0) is 17.1. The van der Waals surface area contributed by atoms with Crippen molar-refractivity contribution in [1.82, 2.24) is 5.32 Å². The molecular weight excluding hydrogens is 299 g/mol. The van der Waals surface area contributed by atoms with E-state index >= 15 is 0 Å². The number of nitrogens with one attached hydrogen (secondary N) is 2. The first-order chi connectivity index (χ1) is 9.90. The van der Waals surface area contributed by atoms with Gasteiger partial charge in [-0.05, 0) is 38.5 Å². The zero-order valence-corrected chi connectivity index (χ0v) is 12.5. The number of benzene rings is 1. The molecule has 1 aromatic rings. The highest BCUT2D eigenvalue weighted by Crippen LogP contribution is 2.19. The molecule has 5 nitrogen and oxygen atoms in total. The summed E-state index contributed by atoms with van der Waals surface area (Å²) in [6.45, 7) is 3.29. The van der Waals surface area contributed by atoms with Crippen LogP contribution in [0, 0.1) is 6.92 Å². The van der Waals surface area contributed by atoms with Gasteiger partial charge in [-0.15, -0.1) is 0 Å². The number of alkyl halides is 3. The second-order valence-corrected chi connectivity index (χ2v) is 5.50. The number of carbonyl (C=O) groups excluding carboxylic acids is 2. The average Bonchev–Trinajstić information content (AvgIpc) is 2.36. The van der Waals surface area contributed by atoms with Crippen LogP contribution in [0.25, 0.3) is 0 Å². The molecule has 8 heteroatoms. The molecule has 122 valence electrons. The molecular formula is C14H18F3N3O2. The van der Waals surface area contributed by atoms with Gasteiger partial charge in [-0.1, -0.05) is 6.07 Å². The molecule has 4 N–H and O–H groups in total. The molecule has 0 aromatic heterocycles. The Morgan fingerprint density at radius 3 is 2.32 bits per heavy atom. The lowest BCUT2D eigenvalue weighted by Gasteiger charge is -2.19. The minimum atomic E-state index is -4.49. The highest BCUT2D eigenvalue weighted by molar-refractivity contribution is 6.00. The summed E-state index contributed by atoms with van der Waals surface area (Å²) in [4.78, 5) is 23.5. The molecule has 0 saturated heterocycles. The molecule has 1 aromatic carbocycles.